The zero-order valence-corrected chi connectivity index (χ0v) is 12.4. The van der Waals surface area contributed by atoms with Crippen LogP contribution in [-0.2, 0) is 11.3 Å². The molecule has 112 valence electrons. The zero-order chi connectivity index (χ0) is 16.1. The molecule has 0 radical (unpaired) electrons. The molecule has 5 nitrogen and oxygen atoms in total. The average molecular weight is 317 g/mol. The maximum absolute atomic E-state index is 12.3. The van der Waals surface area contributed by atoms with Gasteiger partial charge in [-0.05, 0) is 36.2 Å². The minimum atomic E-state index is -0.919. The summed E-state index contributed by atoms with van der Waals surface area (Å²) in [6.07, 6.45) is 0.272. The first-order chi connectivity index (χ1) is 10.5. The molecular weight excluding hydrogens is 304 g/mol. The van der Waals surface area contributed by atoms with E-state index in [0.29, 0.717) is 17.1 Å². The standard InChI is InChI=1S/C16H13ClN2O3/c17-13-6-3-11(4-7-13)14-8-5-12(10-18)16(22)19(14)9-1-2-15(20)21/h3-8H,1-2,9H2,(H,20,21). The predicted molar refractivity (Wildman–Crippen MR) is 82.7 cm³/mol. The molecule has 0 fully saturated rings. The number of aliphatic carboxylic acids is 1. The van der Waals surface area contributed by atoms with Crippen LogP contribution in [0.5, 0.6) is 0 Å². The number of pyridine rings is 1. The smallest absolute Gasteiger partial charge is 0.303 e. The summed E-state index contributed by atoms with van der Waals surface area (Å²) >= 11 is 5.86. The second-order valence-electron chi connectivity index (χ2n) is 4.71. The molecule has 0 aliphatic carbocycles. The minimum absolute atomic E-state index is 0.0352. The molecule has 0 amide bonds. The second-order valence-corrected chi connectivity index (χ2v) is 5.14. The van der Waals surface area contributed by atoms with Crippen LogP contribution in [0, 0.1) is 11.3 Å². The molecule has 0 aliphatic heterocycles. The summed E-state index contributed by atoms with van der Waals surface area (Å²) in [5.41, 5.74) is 1.03. The molecule has 2 rings (SSSR count). The number of hydrogen-bond donors (Lipinski definition) is 1. The molecule has 6 heteroatoms. The fourth-order valence-electron chi connectivity index (χ4n) is 2.15. The number of carboxylic acids is 1. The average Bonchev–Trinajstić information content (AvgIpc) is 2.49. The Morgan fingerprint density at radius 1 is 1.23 bits per heavy atom. The number of hydrogen-bond acceptors (Lipinski definition) is 3. The van der Waals surface area contributed by atoms with E-state index in [9.17, 15) is 9.59 Å². The van der Waals surface area contributed by atoms with Crippen LogP contribution < -0.4 is 5.56 Å². The van der Waals surface area contributed by atoms with Crippen molar-refractivity contribution in [1.29, 1.82) is 5.26 Å². The molecule has 22 heavy (non-hydrogen) atoms. The van der Waals surface area contributed by atoms with Gasteiger partial charge < -0.3 is 9.67 Å². The van der Waals surface area contributed by atoms with Crippen molar-refractivity contribution < 1.29 is 9.90 Å². The van der Waals surface area contributed by atoms with Crippen molar-refractivity contribution in [2.24, 2.45) is 0 Å². The first-order valence-electron chi connectivity index (χ1n) is 6.64. The molecule has 0 spiro atoms. The Balaban J connectivity index is 2.46. The van der Waals surface area contributed by atoms with Crippen LogP contribution in [0.15, 0.2) is 41.2 Å². The van der Waals surface area contributed by atoms with E-state index < -0.39 is 11.5 Å². The molecule has 2 aromatic rings. The Morgan fingerprint density at radius 3 is 2.50 bits per heavy atom. The molecule has 0 atom stereocenters. The lowest BCUT2D eigenvalue weighted by Crippen LogP contribution is -2.24. The molecule has 0 aliphatic rings. The van der Waals surface area contributed by atoms with Gasteiger partial charge in [0.1, 0.15) is 11.6 Å². The highest BCUT2D eigenvalue weighted by Gasteiger charge is 2.11. The zero-order valence-electron chi connectivity index (χ0n) is 11.6. The molecule has 1 heterocycles. The highest BCUT2D eigenvalue weighted by atomic mass is 35.5. The second kappa shape index (κ2) is 6.92. The fourth-order valence-corrected chi connectivity index (χ4v) is 2.27. The van der Waals surface area contributed by atoms with Crippen LogP contribution in [0.3, 0.4) is 0 Å². The number of halogens is 1. The maximum atomic E-state index is 12.3. The third kappa shape index (κ3) is 3.54. The Kier molecular flexibility index (Phi) is 4.97. The summed E-state index contributed by atoms with van der Waals surface area (Å²) in [6, 6.07) is 12.0. The highest BCUT2D eigenvalue weighted by Crippen LogP contribution is 2.21. The number of benzene rings is 1. The van der Waals surface area contributed by atoms with Crippen LogP contribution in [0.25, 0.3) is 11.3 Å². The van der Waals surface area contributed by atoms with Gasteiger partial charge >= 0.3 is 5.97 Å². The van der Waals surface area contributed by atoms with Gasteiger partial charge in [-0.2, -0.15) is 5.26 Å². The minimum Gasteiger partial charge on any atom is -0.481 e. The summed E-state index contributed by atoms with van der Waals surface area (Å²) in [6.45, 7) is 0.235. The maximum Gasteiger partial charge on any atom is 0.303 e. The van der Waals surface area contributed by atoms with Crippen molar-refractivity contribution >= 4 is 17.6 Å². The van der Waals surface area contributed by atoms with Crippen LogP contribution in [0.2, 0.25) is 5.02 Å². The number of nitrogens with zero attached hydrogens (tertiary/aromatic N) is 2. The van der Waals surface area contributed by atoms with Gasteiger partial charge in [0, 0.05) is 18.0 Å². The Labute approximate surface area is 132 Å². The lowest BCUT2D eigenvalue weighted by molar-refractivity contribution is -0.137. The Morgan fingerprint density at radius 2 is 1.91 bits per heavy atom. The van der Waals surface area contributed by atoms with E-state index in [1.807, 2.05) is 6.07 Å². The Bertz CT molecular complexity index is 789. The fraction of sp³-hybridized carbons (Fsp3) is 0.188. The number of carbonyl (C=O) groups is 1. The SMILES string of the molecule is N#Cc1ccc(-c2ccc(Cl)cc2)n(CCCC(=O)O)c1=O. The van der Waals surface area contributed by atoms with Crippen LogP contribution >= 0.6 is 11.6 Å². The summed E-state index contributed by atoms with van der Waals surface area (Å²) < 4.78 is 1.44. The van der Waals surface area contributed by atoms with Crippen molar-refractivity contribution in [3.63, 3.8) is 0 Å². The van der Waals surface area contributed by atoms with Crippen LogP contribution in [0.4, 0.5) is 0 Å². The largest absolute Gasteiger partial charge is 0.481 e. The van der Waals surface area contributed by atoms with E-state index in [-0.39, 0.29) is 18.5 Å². The molecule has 1 aromatic carbocycles. The molecule has 1 aromatic heterocycles. The van der Waals surface area contributed by atoms with Gasteiger partial charge in [-0.25, -0.2) is 0 Å². The van der Waals surface area contributed by atoms with Gasteiger partial charge in [-0.1, -0.05) is 23.7 Å². The topological polar surface area (TPSA) is 83.1 Å². The van der Waals surface area contributed by atoms with Crippen molar-refractivity contribution in [3.05, 3.63) is 57.3 Å². The molecule has 0 unspecified atom stereocenters. The molecular formula is C16H13ClN2O3. The van der Waals surface area contributed by atoms with Gasteiger partial charge in [0.05, 0.1) is 5.69 Å². The predicted octanol–water partition coefficient (Wildman–Crippen LogP) is 2.91. The van der Waals surface area contributed by atoms with Crippen molar-refractivity contribution in [1.82, 2.24) is 4.57 Å². The van der Waals surface area contributed by atoms with E-state index in [2.05, 4.69) is 0 Å². The lowest BCUT2D eigenvalue weighted by Gasteiger charge is -2.13. The normalized spacial score (nSPS) is 10.2. The van der Waals surface area contributed by atoms with Gasteiger partial charge in [0.25, 0.3) is 5.56 Å². The third-order valence-corrected chi connectivity index (χ3v) is 3.46. The molecule has 0 saturated carbocycles. The first-order valence-corrected chi connectivity index (χ1v) is 7.02. The van der Waals surface area contributed by atoms with Gasteiger partial charge in [0.2, 0.25) is 0 Å². The van der Waals surface area contributed by atoms with Crippen LogP contribution in [-0.4, -0.2) is 15.6 Å². The van der Waals surface area contributed by atoms with E-state index in [1.54, 1.807) is 30.3 Å². The highest BCUT2D eigenvalue weighted by molar-refractivity contribution is 6.30. The van der Waals surface area contributed by atoms with Gasteiger partial charge in [-0.3, -0.25) is 9.59 Å². The van der Waals surface area contributed by atoms with E-state index in [0.717, 1.165) is 5.56 Å². The van der Waals surface area contributed by atoms with Crippen molar-refractivity contribution in [3.8, 4) is 17.3 Å². The number of carboxylic acid groups (broad SMARTS) is 1. The van der Waals surface area contributed by atoms with E-state index in [1.165, 1.54) is 10.6 Å². The molecule has 0 bridgehead atoms. The quantitative estimate of drug-likeness (QED) is 0.919. The molecule has 1 N–H and O–H groups in total. The lowest BCUT2D eigenvalue weighted by atomic mass is 10.1. The first kappa shape index (κ1) is 15.8. The van der Waals surface area contributed by atoms with Gasteiger partial charge in [-0.15, -0.1) is 0 Å². The monoisotopic (exact) mass is 316 g/mol. The summed E-state index contributed by atoms with van der Waals surface area (Å²) in [5, 5.41) is 18.3. The van der Waals surface area contributed by atoms with Crippen LogP contribution in [0.1, 0.15) is 18.4 Å². The van der Waals surface area contributed by atoms with Crippen molar-refractivity contribution in [2.75, 3.05) is 0 Å². The van der Waals surface area contributed by atoms with Crippen molar-refractivity contribution in [2.45, 2.75) is 19.4 Å². The third-order valence-electron chi connectivity index (χ3n) is 3.21. The summed E-state index contributed by atoms with van der Waals surface area (Å²) in [4.78, 5) is 22.9. The Hall–Kier alpha value is -2.58. The molecule has 0 saturated heterocycles. The number of rotatable bonds is 5. The summed E-state index contributed by atoms with van der Waals surface area (Å²) in [7, 11) is 0. The number of nitriles is 1. The number of aromatic nitrogens is 1. The summed E-state index contributed by atoms with van der Waals surface area (Å²) in [5.74, 6) is -0.919. The van der Waals surface area contributed by atoms with Gasteiger partial charge in [0.15, 0.2) is 0 Å². The van der Waals surface area contributed by atoms with E-state index >= 15 is 0 Å². The van der Waals surface area contributed by atoms with E-state index in [4.69, 9.17) is 22.0 Å².